The van der Waals surface area contributed by atoms with E-state index >= 15 is 0 Å². The van der Waals surface area contributed by atoms with Crippen LogP contribution in [0.2, 0.25) is 25.7 Å². The van der Waals surface area contributed by atoms with E-state index in [1.54, 1.807) is 12.1 Å². The average molecular weight is 385 g/mol. The minimum absolute atomic E-state index is 0.245. The number of rotatable bonds is 6. The van der Waals surface area contributed by atoms with Gasteiger partial charge in [0.15, 0.2) is 0 Å². The average Bonchev–Trinajstić information content (AvgIpc) is 2.72. The molecule has 2 rings (SSSR count). The van der Waals surface area contributed by atoms with Crippen LogP contribution in [0.25, 0.3) is 11.3 Å². The van der Waals surface area contributed by atoms with Gasteiger partial charge in [-0.25, -0.2) is 9.07 Å². The number of aromatic nitrogens is 2. The Balaban J connectivity index is 2.08. The largest absolute Gasteiger partial charge is 0.360 e. The zero-order chi connectivity index (χ0) is 16.3. The second kappa shape index (κ2) is 7.06. The number of nitrogens with zero attached hydrogens (tertiary/aromatic N) is 2. The summed E-state index contributed by atoms with van der Waals surface area (Å²) in [5.74, 6) is -0.245. The van der Waals surface area contributed by atoms with Crippen molar-refractivity contribution in [1.29, 1.82) is 0 Å². The number of hydrogen-bond donors (Lipinski definition) is 0. The number of ether oxygens (including phenoxy) is 1. The molecule has 6 heteroatoms. The van der Waals surface area contributed by atoms with Gasteiger partial charge in [0.1, 0.15) is 18.2 Å². The molecule has 0 unspecified atom stereocenters. The number of benzene rings is 1. The molecule has 22 heavy (non-hydrogen) atoms. The number of halogens is 2. The van der Waals surface area contributed by atoms with E-state index in [2.05, 4.69) is 40.7 Å². The third-order valence-corrected chi connectivity index (χ3v) is 6.11. The van der Waals surface area contributed by atoms with Gasteiger partial charge in [-0.05, 0) is 53.2 Å². The summed E-state index contributed by atoms with van der Waals surface area (Å²) < 4.78 is 21.6. The van der Waals surface area contributed by atoms with Crippen LogP contribution in [-0.2, 0) is 11.5 Å². The molecular weight excluding hydrogens is 363 g/mol. The zero-order valence-corrected chi connectivity index (χ0v) is 16.1. The fourth-order valence-electron chi connectivity index (χ4n) is 1.97. The fraction of sp³-hybridized carbons (Fsp3) is 0.438. The highest BCUT2D eigenvalue weighted by Crippen LogP contribution is 2.30. The standard InChI is InChI=1S/C16H22BrFN2OSi/c1-12-15(17)16(13-5-7-14(18)8-6-13)19-20(12)11-21-9-10-22(2,3)4/h5-8H,9-11H2,1-4H3. The van der Waals surface area contributed by atoms with Gasteiger partial charge in [0.2, 0.25) is 0 Å². The Hall–Kier alpha value is -0.983. The molecule has 0 saturated carbocycles. The van der Waals surface area contributed by atoms with Gasteiger partial charge < -0.3 is 4.74 Å². The first-order valence-electron chi connectivity index (χ1n) is 7.34. The second-order valence-electron chi connectivity index (χ2n) is 6.60. The first-order chi connectivity index (χ1) is 10.3. The van der Waals surface area contributed by atoms with E-state index < -0.39 is 8.07 Å². The van der Waals surface area contributed by atoms with Crippen molar-refractivity contribution in [2.75, 3.05) is 6.61 Å². The molecule has 0 bridgehead atoms. The maximum atomic E-state index is 13.0. The monoisotopic (exact) mass is 384 g/mol. The molecule has 1 aromatic heterocycles. The predicted molar refractivity (Wildman–Crippen MR) is 94.2 cm³/mol. The highest BCUT2D eigenvalue weighted by Gasteiger charge is 2.15. The summed E-state index contributed by atoms with van der Waals surface area (Å²) in [6.07, 6.45) is 0. The summed E-state index contributed by atoms with van der Waals surface area (Å²) in [5, 5.41) is 4.58. The molecule has 0 N–H and O–H groups in total. The number of hydrogen-bond acceptors (Lipinski definition) is 2. The third kappa shape index (κ3) is 4.51. The van der Waals surface area contributed by atoms with Gasteiger partial charge in [0.05, 0.1) is 10.2 Å². The molecule has 2 aromatic rings. The molecule has 0 atom stereocenters. The minimum atomic E-state index is -1.07. The van der Waals surface area contributed by atoms with Gasteiger partial charge in [0.25, 0.3) is 0 Å². The van der Waals surface area contributed by atoms with Crippen LogP contribution in [0.5, 0.6) is 0 Å². The van der Waals surface area contributed by atoms with Gasteiger partial charge in [-0.1, -0.05) is 19.6 Å². The summed E-state index contributed by atoms with van der Waals surface area (Å²) in [7, 11) is -1.07. The van der Waals surface area contributed by atoms with Crippen LogP contribution in [-0.4, -0.2) is 24.5 Å². The summed E-state index contributed by atoms with van der Waals surface area (Å²) in [6.45, 7) is 10.2. The quantitative estimate of drug-likeness (QED) is 0.513. The van der Waals surface area contributed by atoms with Crippen molar-refractivity contribution < 1.29 is 9.13 Å². The Bertz CT molecular complexity index is 635. The van der Waals surface area contributed by atoms with Gasteiger partial charge in [-0.15, -0.1) is 0 Å². The van der Waals surface area contributed by atoms with Crippen molar-refractivity contribution in [2.24, 2.45) is 0 Å². The zero-order valence-electron chi connectivity index (χ0n) is 13.5. The van der Waals surface area contributed by atoms with E-state index in [0.717, 1.165) is 34.1 Å². The van der Waals surface area contributed by atoms with E-state index in [4.69, 9.17) is 4.74 Å². The predicted octanol–water partition coefficient (Wildman–Crippen LogP) is 5.07. The molecule has 0 aliphatic heterocycles. The van der Waals surface area contributed by atoms with Crippen LogP contribution in [0.1, 0.15) is 5.69 Å². The van der Waals surface area contributed by atoms with Crippen LogP contribution in [0.4, 0.5) is 4.39 Å². The minimum Gasteiger partial charge on any atom is -0.360 e. The van der Waals surface area contributed by atoms with Gasteiger partial charge >= 0.3 is 0 Å². The highest BCUT2D eigenvalue weighted by molar-refractivity contribution is 9.10. The van der Waals surface area contributed by atoms with Crippen molar-refractivity contribution in [2.45, 2.75) is 39.3 Å². The highest BCUT2D eigenvalue weighted by atomic mass is 79.9. The third-order valence-electron chi connectivity index (χ3n) is 3.46. The first kappa shape index (κ1) is 17.4. The molecule has 1 heterocycles. The molecule has 0 fully saturated rings. The van der Waals surface area contributed by atoms with Crippen molar-refractivity contribution in [3.8, 4) is 11.3 Å². The molecule has 120 valence electrons. The Labute approximate surface area is 140 Å². The van der Waals surface area contributed by atoms with E-state index in [9.17, 15) is 4.39 Å². The Morgan fingerprint density at radius 2 is 1.86 bits per heavy atom. The van der Waals surface area contributed by atoms with E-state index in [1.807, 2.05) is 11.6 Å². The van der Waals surface area contributed by atoms with E-state index in [0.29, 0.717) is 6.73 Å². The first-order valence-corrected chi connectivity index (χ1v) is 11.8. The summed E-state index contributed by atoms with van der Waals surface area (Å²) >= 11 is 3.57. The van der Waals surface area contributed by atoms with Crippen LogP contribution >= 0.6 is 15.9 Å². The Morgan fingerprint density at radius 3 is 2.45 bits per heavy atom. The van der Waals surface area contributed by atoms with Crippen molar-refractivity contribution in [3.63, 3.8) is 0 Å². The van der Waals surface area contributed by atoms with E-state index in [-0.39, 0.29) is 5.82 Å². The summed E-state index contributed by atoms with van der Waals surface area (Å²) in [5.41, 5.74) is 2.70. The maximum Gasteiger partial charge on any atom is 0.139 e. The molecule has 0 radical (unpaired) electrons. The van der Waals surface area contributed by atoms with Crippen molar-refractivity contribution in [3.05, 3.63) is 40.2 Å². The molecule has 0 amide bonds. The maximum absolute atomic E-state index is 13.0. The van der Waals surface area contributed by atoms with Crippen molar-refractivity contribution >= 4 is 24.0 Å². The lowest BCUT2D eigenvalue weighted by Gasteiger charge is -2.15. The lowest BCUT2D eigenvalue weighted by Crippen LogP contribution is -2.22. The smallest absolute Gasteiger partial charge is 0.139 e. The molecule has 0 aliphatic carbocycles. The summed E-state index contributed by atoms with van der Waals surface area (Å²) in [6, 6.07) is 7.50. The van der Waals surface area contributed by atoms with Crippen LogP contribution in [0.3, 0.4) is 0 Å². The Kier molecular flexibility index (Phi) is 5.58. The topological polar surface area (TPSA) is 27.1 Å². The second-order valence-corrected chi connectivity index (χ2v) is 13.0. The molecule has 0 aliphatic rings. The van der Waals surface area contributed by atoms with Crippen LogP contribution in [0, 0.1) is 12.7 Å². The van der Waals surface area contributed by atoms with Gasteiger partial charge in [-0.2, -0.15) is 5.10 Å². The van der Waals surface area contributed by atoms with Crippen LogP contribution in [0.15, 0.2) is 28.7 Å². The SMILES string of the molecule is Cc1c(Br)c(-c2ccc(F)cc2)nn1COCC[Si](C)(C)C. The molecule has 3 nitrogen and oxygen atoms in total. The normalized spacial score (nSPS) is 11.9. The van der Waals surface area contributed by atoms with Gasteiger partial charge in [-0.3, -0.25) is 0 Å². The molecular formula is C16H22BrFN2OSi. The Morgan fingerprint density at radius 1 is 1.23 bits per heavy atom. The molecule has 0 saturated heterocycles. The van der Waals surface area contributed by atoms with E-state index in [1.165, 1.54) is 12.1 Å². The lowest BCUT2D eigenvalue weighted by molar-refractivity contribution is 0.0772. The molecule has 0 spiro atoms. The fourth-order valence-corrected chi connectivity index (χ4v) is 3.24. The van der Waals surface area contributed by atoms with Crippen LogP contribution < -0.4 is 0 Å². The molecule has 1 aromatic carbocycles. The summed E-state index contributed by atoms with van der Waals surface area (Å²) in [4.78, 5) is 0. The van der Waals surface area contributed by atoms with Gasteiger partial charge in [0, 0.05) is 20.2 Å². The van der Waals surface area contributed by atoms with Crippen molar-refractivity contribution in [1.82, 2.24) is 9.78 Å². The lowest BCUT2D eigenvalue weighted by atomic mass is 10.1.